The number of benzene rings is 2. The van der Waals surface area contributed by atoms with Gasteiger partial charge >= 0.3 is 6.18 Å². The SMILES string of the molecule is O=C(Nc1ccc2cn[nH]c2c1)c1c(F)cccc1C(F)(F)F. The molecule has 0 aliphatic rings. The van der Waals surface area contributed by atoms with Gasteiger partial charge in [-0.05, 0) is 30.3 Å². The number of carbonyl (C=O) groups is 1. The smallest absolute Gasteiger partial charge is 0.322 e. The van der Waals surface area contributed by atoms with Crippen LogP contribution in [0, 0.1) is 5.82 Å². The van der Waals surface area contributed by atoms with E-state index in [-0.39, 0.29) is 5.69 Å². The Labute approximate surface area is 127 Å². The molecule has 0 saturated carbocycles. The van der Waals surface area contributed by atoms with Crippen LogP contribution in [-0.2, 0) is 6.18 Å². The monoisotopic (exact) mass is 323 g/mol. The fraction of sp³-hybridized carbons (Fsp3) is 0.0667. The topological polar surface area (TPSA) is 57.8 Å². The van der Waals surface area contributed by atoms with E-state index in [1.54, 1.807) is 12.3 Å². The maximum absolute atomic E-state index is 13.8. The number of H-pyrrole nitrogens is 1. The summed E-state index contributed by atoms with van der Waals surface area (Å²) in [5.74, 6) is -2.41. The largest absolute Gasteiger partial charge is 0.417 e. The van der Waals surface area contributed by atoms with Crippen molar-refractivity contribution in [1.82, 2.24) is 10.2 Å². The fourth-order valence-electron chi connectivity index (χ4n) is 2.20. The standard InChI is InChI=1S/C15H9F4N3O/c16-11-3-1-2-10(15(17,18)19)13(11)14(23)21-9-5-4-8-7-20-22-12(8)6-9/h1-7H,(H,20,22)(H,21,23). The van der Waals surface area contributed by atoms with Crippen molar-refractivity contribution in [3.05, 3.63) is 59.5 Å². The van der Waals surface area contributed by atoms with Crippen LogP contribution >= 0.6 is 0 Å². The van der Waals surface area contributed by atoms with Gasteiger partial charge in [-0.25, -0.2) is 4.39 Å². The number of carbonyl (C=O) groups excluding carboxylic acids is 1. The number of anilines is 1. The molecule has 0 unspecified atom stereocenters. The van der Waals surface area contributed by atoms with Crippen LogP contribution in [0.5, 0.6) is 0 Å². The minimum Gasteiger partial charge on any atom is -0.322 e. The van der Waals surface area contributed by atoms with E-state index in [0.717, 1.165) is 17.5 Å². The number of rotatable bonds is 2. The van der Waals surface area contributed by atoms with E-state index in [4.69, 9.17) is 0 Å². The minimum atomic E-state index is -4.83. The number of fused-ring (bicyclic) bond motifs is 1. The quantitative estimate of drug-likeness (QED) is 0.701. The Morgan fingerprint density at radius 1 is 1.17 bits per heavy atom. The molecule has 3 aromatic rings. The zero-order valence-corrected chi connectivity index (χ0v) is 11.4. The average Bonchev–Trinajstić information content (AvgIpc) is 2.93. The first-order chi connectivity index (χ1) is 10.9. The number of amides is 1. The molecular weight excluding hydrogens is 314 g/mol. The van der Waals surface area contributed by atoms with Crippen molar-refractivity contribution in [2.75, 3.05) is 5.32 Å². The van der Waals surface area contributed by atoms with Gasteiger partial charge in [-0.3, -0.25) is 9.89 Å². The second-order valence-corrected chi connectivity index (χ2v) is 4.79. The van der Waals surface area contributed by atoms with Gasteiger partial charge in [0.2, 0.25) is 0 Å². The van der Waals surface area contributed by atoms with Crippen molar-refractivity contribution in [2.24, 2.45) is 0 Å². The molecule has 23 heavy (non-hydrogen) atoms. The Morgan fingerprint density at radius 3 is 2.70 bits per heavy atom. The molecule has 1 amide bonds. The minimum absolute atomic E-state index is 0.225. The predicted octanol–water partition coefficient (Wildman–Crippen LogP) is 3.97. The van der Waals surface area contributed by atoms with Crippen LogP contribution in [0.25, 0.3) is 10.9 Å². The number of alkyl halides is 3. The Morgan fingerprint density at radius 2 is 1.96 bits per heavy atom. The van der Waals surface area contributed by atoms with Crippen molar-refractivity contribution in [3.8, 4) is 0 Å². The van der Waals surface area contributed by atoms with Crippen LogP contribution in [0.4, 0.5) is 23.2 Å². The number of hydrogen-bond donors (Lipinski definition) is 2. The first-order valence-corrected chi connectivity index (χ1v) is 6.46. The first kappa shape index (κ1) is 15.0. The first-order valence-electron chi connectivity index (χ1n) is 6.46. The molecular formula is C15H9F4N3O. The Hall–Kier alpha value is -2.90. The van der Waals surface area contributed by atoms with E-state index < -0.39 is 29.0 Å². The zero-order valence-electron chi connectivity index (χ0n) is 11.4. The Kier molecular flexibility index (Phi) is 3.51. The molecule has 0 bridgehead atoms. The van der Waals surface area contributed by atoms with Gasteiger partial charge in [0.25, 0.3) is 5.91 Å². The molecule has 3 rings (SSSR count). The van der Waals surface area contributed by atoms with Crippen LogP contribution in [0.2, 0.25) is 0 Å². The van der Waals surface area contributed by atoms with E-state index in [0.29, 0.717) is 11.6 Å². The summed E-state index contributed by atoms with van der Waals surface area (Å²) >= 11 is 0. The molecule has 4 nitrogen and oxygen atoms in total. The lowest BCUT2D eigenvalue weighted by atomic mass is 10.1. The third kappa shape index (κ3) is 2.87. The Balaban J connectivity index is 1.97. The van der Waals surface area contributed by atoms with Gasteiger partial charge in [0.05, 0.1) is 22.8 Å². The highest BCUT2D eigenvalue weighted by atomic mass is 19.4. The summed E-state index contributed by atoms with van der Waals surface area (Å²) in [5, 5.41) is 9.49. The third-order valence-corrected chi connectivity index (χ3v) is 3.25. The third-order valence-electron chi connectivity index (χ3n) is 3.25. The van der Waals surface area contributed by atoms with Crippen LogP contribution in [0.1, 0.15) is 15.9 Å². The molecule has 0 atom stereocenters. The maximum Gasteiger partial charge on any atom is 0.417 e. The number of aromatic nitrogens is 2. The molecule has 0 spiro atoms. The molecule has 1 heterocycles. The van der Waals surface area contributed by atoms with Crippen molar-refractivity contribution < 1.29 is 22.4 Å². The van der Waals surface area contributed by atoms with Gasteiger partial charge in [0.1, 0.15) is 5.82 Å². The average molecular weight is 323 g/mol. The highest BCUT2D eigenvalue weighted by Crippen LogP contribution is 2.33. The lowest BCUT2D eigenvalue weighted by molar-refractivity contribution is -0.138. The molecule has 8 heteroatoms. The molecule has 0 aliphatic carbocycles. The summed E-state index contributed by atoms with van der Waals surface area (Å²) in [4.78, 5) is 12.1. The van der Waals surface area contributed by atoms with Crippen LogP contribution in [-0.4, -0.2) is 16.1 Å². The normalized spacial score (nSPS) is 11.7. The van der Waals surface area contributed by atoms with Crippen molar-refractivity contribution in [1.29, 1.82) is 0 Å². The van der Waals surface area contributed by atoms with E-state index in [2.05, 4.69) is 15.5 Å². The van der Waals surface area contributed by atoms with Crippen LogP contribution in [0.3, 0.4) is 0 Å². The number of halogens is 4. The predicted molar refractivity (Wildman–Crippen MR) is 75.4 cm³/mol. The molecule has 0 saturated heterocycles. The van der Waals surface area contributed by atoms with Crippen molar-refractivity contribution in [3.63, 3.8) is 0 Å². The van der Waals surface area contributed by atoms with Gasteiger partial charge in [-0.1, -0.05) is 6.07 Å². The summed E-state index contributed by atoms with van der Waals surface area (Å²) in [6.45, 7) is 0. The number of hydrogen-bond acceptors (Lipinski definition) is 2. The van der Waals surface area contributed by atoms with E-state index in [9.17, 15) is 22.4 Å². The number of aromatic amines is 1. The zero-order chi connectivity index (χ0) is 16.6. The lowest BCUT2D eigenvalue weighted by Gasteiger charge is -2.13. The van der Waals surface area contributed by atoms with E-state index in [1.807, 2.05) is 0 Å². The van der Waals surface area contributed by atoms with Gasteiger partial charge in [0.15, 0.2) is 0 Å². The van der Waals surface area contributed by atoms with E-state index in [1.165, 1.54) is 12.1 Å². The number of nitrogens with zero attached hydrogens (tertiary/aromatic N) is 1. The summed E-state index contributed by atoms with van der Waals surface area (Å²) in [6.07, 6.45) is -3.28. The summed E-state index contributed by atoms with van der Waals surface area (Å²) in [6, 6.07) is 6.99. The molecule has 2 N–H and O–H groups in total. The van der Waals surface area contributed by atoms with Crippen LogP contribution in [0.15, 0.2) is 42.6 Å². The molecule has 2 aromatic carbocycles. The van der Waals surface area contributed by atoms with Gasteiger partial charge < -0.3 is 5.32 Å². The van der Waals surface area contributed by atoms with Gasteiger partial charge in [0, 0.05) is 11.1 Å². The maximum atomic E-state index is 13.8. The summed E-state index contributed by atoms with van der Waals surface area (Å²) < 4.78 is 52.6. The van der Waals surface area contributed by atoms with Gasteiger partial charge in [-0.15, -0.1) is 0 Å². The molecule has 118 valence electrons. The van der Waals surface area contributed by atoms with Crippen molar-refractivity contribution >= 4 is 22.5 Å². The molecule has 0 fully saturated rings. The summed E-state index contributed by atoms with van der Waals surface area (Å²) in [5.41, 5.74) is -1.54. The number of nitrogens with one attached hydrogen (secondary N) is 2. The molecule has 0 radical (unpaired) electrons. The second kappa shape index (κ2) is 5.38. The van der Waals surface area contributed by atoms with E-state index >= 15 is 0 Å². The second-order valence-electron chi connectivity index (χ2n) is 4.79. The lowest BCUT2D eigenvalue weighted by Crippen LogP contribution is -2.20. The van der Waals surface area contributed by atoms with Gasteiger partial charge in [-0.2, -0.15) is 18.3 Å². The highest BCUT2D eigenvalue weighted by Gasteiger charge is 2.36. The molecule has 1 aromatic heterocycles. The molecule has 0 aliphatic heterocycles. The fourth-order valence-corrected chi connectivity index (χ4v) is 2.20. The highest BCUT2D eigenvalue weighted by molar-refractivity contribution is 6.06. The summed E-state index contributed by atoms with van der Waals surface area (Å²) in [7, 11) is 0. The van der Waals surface area contributed by atoms with Crippen molar-refractivity contribution in [2.45, 2.75) is 6.18 Å². The Bertz CT molecular complexity index is 886. The van der Waals surface area contributed by atoms with Crippen LogP contribution < -0.4 is 5.32 Å².